The van der Waals surface area contributed by atoms with Crippen LogP contribution in [0.3, 0.4) is 0 Å². The van der Waals surface area contributed by atoms with E-state index < -0.39 is 0 Å². The maximum Gasteiger partial charge on any atom is 0.256 e. The van der Waals surface area contributed by atoms with Crippen molar-refractivity contribution in [3.8, 4) is 0 Å². The molecule has 28 heavy (non-hydrogen) atoms. The van der Waals surface area contributed by atoms with E-state index in [4.69, 9.17) is 0 Å². The SMILES string of the molecule is CC1CC(NC(=O)c2ccsc2NC(=O)c2ccc(C(C)C)cc2)CCN1.Cl. The molecule has 0 spiro atoms. The van der Waals surface area contributed by atoms with Crippen molar-refractivity contribution in [3.63, 3.8) is 0 Å². The van der Waals surface area contributed by atoms with Crippen LogP contribution in [-0.4, -0.2) is 30.4 Å². The van der Waals surface area contributed by atoms with Gasteiger partial charge in [-0.25, -0.2) is 0 Å². The molecule has 5 nitrogen and oxygen atoms in total. The summed E-state index contributed by atoms with van der Waals surface area (Å²) in [5.74, 6) is 0.102. The minimum absolute atomic E-state index is 0. The maximum absolute atomic E-state index is 12.7. The average molecular weight is 422 g/mol. The van der Waals surface area contributed by atoms with Crippen molar-refractivity contribution >= 4 is 40.6 Å². The highest BCUT2D eigenvalue weighted by Crippen LogP contribution is 2.25. The molecule has 2 aromatic rings. The van der Waals surface area contributed by atoms with Gasteiger partial charge in [0.2, 0.25) is 0 Å². The maximum atomic E-state index is 12.7. The Hall–Kier alpha value is -1.89. The van der Waals surface area contributed by atoms with Crippen molar-refractivity contribution in [1.82, 2.24) is 10.6 Å². The Morgan fingerprint density at radius 3 is 2.50 bits per heavy atom. The first-order valence-electron chi connectivity index (χ1n) is 9.47. The summed E-state index contributed by atoms with van der Waals surface area (Å²) in [6.45, 7) is 7.27. The molecule has 1 aliphatic rings. The molecule has 0 aliphatic carbocycles. The predicted octanol–water partition coefficient (Wildman–Crippen LogP) is 4.42. The van der Waals surface area contributed by atoms with Crippen LogP contribution in [0.5, 0.6) is 0 Å². The molecule has 1 aliphatic heterocycles. The second-order valence-electron chi connectivity index (χ2n) is 7.44. The van der Waals surface area contributed by atoms with Gasteiger partial charge in [-0.1, -0.05) is 26.0 Å². The van der Waals surface area contributed by atoms with Crippen molar-refractivity contribution < 1.29 is 9.59 Å². The van der Waals surface area contributed by atoms with Gasteiger partial charge in [-0.15, -0.1) is 23.7 Å². The van der Waals surface area contributed by atoms with E-state index in [2.05, 4.69) is 36.7 Å². The molecule has 7 heteroatoms. The Labute approximate surface area is 176 Å². The summed E-state index contributed by atoms with van der Waals surface area (Å²) >= 11 is 1.37. The van der Waals surface area contributed by atoms with E-state index in [-0.39, 0.29) is 30.3 Å². The third-order valence-electron chi connectivity index (χ3n) is 4.94. The summed E-state index contributed by atoms with van der Waals surface area (Å²) in [6, 6.07) is 9.94. The summed E-state index contributed by atoms with van der Waals surface area (Å²) in [5.41, 5.74) is 2.31. The van der Waals surface area contributed by atoms with Gasteiger partial charge in [-0.3, -0.25) is 9.59 Å². The minimum atomic E-state index is -0.197. The molecule has 0 saturated carbocycles. The van der Waals surface area contributed by atoms with Crippen LogP contribution in [0.25, 0.3) is 0 Å². The number of carbonyl (C=O) groups excluding carboxylic acids is 2. The van der Waals surface area contributed by atoms with Gasteiger partial charge < -0.3 is 16.0 Å². The lowest BCUT2D eigenvalue weighted by molar-refractivity contribution is 0.0927. The van der Waals surface area contributed by atoms with E-state index in [1.54, 1.807) is 6.07 Å². The smallest absolute Gasteiger partial charge is 0.256 e. The summed E-state index contributed by atoms with van der Waals surface area (Å²) in [4.78, 5) is 25.2. The molecule has 0 bridgehead atoms. The Kier molecular flexibility index (Phi) is 8.04. The van der Waals surface area contributed by atoms with Crippen LogP contribution >= 0.6 is 23.7 Å². The van der Waals surface area contributed by atoms with Crippen molar-refractivity contribution in [2.45, 2.75) is 51.6 Å². The van der Waals surface area contributed by atoms with E-state index in [0.717, 1.165) is 19.4 Å². The van der Waals surface area contributed by atoms with Crippen LogP contribution in [0.2, 0.25) is 0 Å². The molecular formula is C21H28ClN3O2S. The zero-order chi connectivity index (χ0) is 19.4. The first-order chi connectivity index (χ1) is 12.9. The van der Waals surface area contributed by atoms with E-state index in [1.165, 1.54) is 16.9 Å². The minimum Gasteiger partial charge on any atom is -0.349 e. The normalized spacial score (nSPS) is 19.0. The molecular weight excluding hydrogens is 394 g/mol. The topological polar surface area (TPSA) is 70.2 Å². The van der Waals surface area contributed by atoms with Crippen molar-refractivity contribution in [3.05, 3.63) is 52.4 Å². The van der Waals surface area contributed by atoms with E-state index >= 15 is 0 Å². The van der Waals surface area contributed by atoms with Gasteiger partial charge in [0.05, 0.1) is 5.56 Å². The summed E-state index contributed by atoms with van der Waals surface area (Å²) in [7, 11) is 0. The number of piperidine rings is 1. The quantitative estimate of drug-likeness (QED) is 0.669. The molecule has 1 aromatic heterocycles. The fourth-order valence-electron chi connectivity index (χ4n) is 3.31. The van der Waals surface area contributed by atoms with E-state index in [0.29, 0.717) is 28.1 Å². The fraction of sp³-hybridized carbons (Fsp3) is 0.429. The number of amides is 2. The summed E-state index contributed by atoms with van der Waals surface area (Å²) < 4.78 is 0. The second kappa shape index (κ2) is 10.0. The second-order valence-corrected chi connectivity index (χ2v) is 8.36. The molecule has 2 heterocycles. The van der Waals surface area contributed by atoms with Crippen molar-refractivity contribution in [2.24, 2.45) is 0 Å². The van der Waals surface area contributed by atoms with Crippen LogP contribution < -0.4 is 16.0 Å². The first-order valence-corrected chi connectivity index (χ1v) is 10.3. The predicted molar refractivity (Wildman–Crippen MR) is 118 cm³/mol. The van der Waals surface area contributed by atoms with Gasteiger partial charge in [0.1, 0.15) is 5.00 Å². The molecule has 1 aromatic carbocycles. The highest BCUT2D eigenvalue weighted by atomic mass is 35.5. The van der Waals surface area contributed by atoms with Crippen molar-refractivity contribution in [2.75, 3.05) is 11.9 Å². The highest BCUT2D eigenvalue weighted by molar-refractivity contribution is 7.14. The Bertz CT molecular complexity index is 804. The lowest BCUT2D eigenvalue weighted by atomic mass is 10.0. The summed E-state index contributed by atoms with van der Waals surface area (Å²) in [5, 5.41) is 11.8. The standard InChI is InChI=1S/C21H27N3O2S.ClH/c1-13(2)15-4-6-16(7-5-15)19(25)24-21-18(9-11-27-21)20(26)23-17-8-10-22-14(3)12-17;/h4-7,9,11,13-14,17,22H,8,10,12H2,1-3H3,(H,23,26)(H,24,25);1H. The number of rotatable bonds is 5. The van der Waals surface area contributed by atoms with Crippen LogP contribution in [-0.2, 0) is 0 Å². The lowest BCUT2D eigenvalue weighted by Crippen LogP contribution is -2.46. The van der Waals surface area contributed by atoms with Gasteiger partial charge in [-0.2, -0.15) is 0 Å². The van der Waals surface area contributed by atoms with Crippen LogP contribution in [0.4, 0.5) is 5.00 Å². The van der Waals surface area contributed by atoms with Crippen LogP contribution in [0, 0.1) is 0 Å². The van der Waals surface area contributed by atoms with E-state index in [9.17, 15) is 9.59 Å². The number of nitrogens with one attached hydrogen (secondary N) is 3. The Morgan fingerprint density at radius 1 is 1.14 bits per heavy atom. The third kappa shape index (κ3) is 5.56. The van der Waals surface area contributed by atoms with Gasteiger partial charge in [0.15, 0.2) is 0 Å². The number of thiophene rings is 1. The molecule has 0 radical (unpaired) electrons. The van der Waals surface area contributed by atoms with E-state index in [1.807, 2.05) is 29.6 Å². The number of carbonyl (C=O) groups is 2. The molecule has 2 unspecified atom stereocenters. The molecule has 1 saturated heterocycles. The Morgan fingerprint density at radius 2 is 1.86 bits per heavy atom. The number of halogens is 1. The van der Waals surface area contributed by atoms with Crippen LogP contribution in [0.15, 0.2) is 35.7 Å². The number of hydrogen-bond acceptors (Lipinski definition) is 4. The number of hydrogen-bond donors (Lipinski definition) is 3. The lowest BCUT2D eigenvalue weighted by Gasteiger charge is -2.28. The molecule has 3 rings (SSSR count). The monoisotopic (exact) mass is 421 g/mol. The molecule has 3 N–H and O–H groups in total. The zero-order valence-electron chi connectivity index (χ0n) is 16.5. The third-order valence-corrected chi connectivity index (χ3v) is 5.77. The van der Waals surface area contributed by atoms with Gasteiger partial charge >= 0.3 is 0 Å². The molecule has 152 valence electrons. The fourth-order valence-corrected chi connectivity index (χ4v) is 4.09. The van der Waals surface area contributed by atoms with Crippen molar-refractivity contribution in [1.29, 1.82) is 0 Å². The Balaban J connectivity index is 0.00000280. The average Bonchev–Trinajstić information content (AvgIpc) is 3.10. The zero-order valence-corrected chi connectivity index (χ0v) is 18.1. The van der Waals surface area contributed by atoms with Gasteiger partial charge in [0, 0.05) is 17.6 Å². The summed E-state index contributed by atoms with van der Waals surface area (Å²) in [6.07, 6.45) is 1.84. The molecule has 2 amide bonds. The highest BCUT2D eigenvalue weighted by Gasteiger charge is 2.22. The number of benzene rings is 1. The largest absolute Gasteiger partial charge is 0.349 e. The molecule has 1 fully saturated rings. The van der Waals surface area contributed by atoms with Gasteiger partial charge in [-0.05, 0) is 61.4 Å². The number of anilines is 1. The van der Waals surface area contributed by atoms with Gasteiger partial charge in [0.25, 0.3) is 11.8 Å². The molecule has 2 atom stereocenters. The first kappa shape index (κ1) is 22.4. The van der Waals surface area contributed by atoms with Crippen LogP contribution in [0.1, 0.15) is 65.8 Å².